The van der Waals surface area contributed by atoms with Gasteiger partial charge in [0.15, 0.2) is 0 Å². The molecule has 2 atom stereocenters. The fourth-order valence-corrected chi connectivity index (χ4v) is 4.64. The van der Waals surface area contributed by atoms with Gasteiger partial charge in [0, 0.05) is 34.6 Å². The number of aromatic nitrogens is 1. The summed E-state index contributed by atoms with van der Waals surface area (Å²) in [5, 5.41) is 0.968. The first-order valence-electron chi connectivity index (χ1n) is 10.8. The van der Waals surface area contributed by atoms with Crippen molar-refractivity contribution >= 4 is 10.9 Å². The van der Waals surface area contributed by atoms with E-state index in [1.54, 1.807) is 4.90 Å². The molecular formula is C25H28F4N2. The molecule has 0 saturated heterocycles. The summed E-state index contributed by atoms with van der Waals surface area (Å²) in [5.74, 6) is -4.40. The van der Waals surface area contributed by atoms with Crippen molar-refractivity contribution in [2.75, 3.05) is 6.54 Å². The molecule has 6 heteroatoms. The molecule has 0 fully saturated rings. The molecule has 0 radical (unpaired) electrons. The number of nitrogens with zero attached hydrogens (tertiary/aromatic N) is 1. The van der Waals surface area contributed by atoms with Crippen molar-refractivity contribution in [1.29, 1.82) is 0 Å². The summed E-state index contributed by atoms with van der Waals surface area (Å²) in [6, 6.07) is 9.05. The minimum absolute atomic E-state index is 0.0486. The Kier molecular flexibility index (Phi) is 5.63. The van der Waals surface area contributed by atoms with Gasteiger partial charge in [0.1, 0.15) is 11.6 Å². The van der Waals surface area contributed by atoms with Crippen LogP contribution in [0, 0.1) is 11.6 Å². The molecule has 0 bridgehead atoms. The second-order valence-electron chi connectivity index (χ2n) is 8.95. The molecule has 1 aromatic heterocycles. The van der Waals surface area contributed by atoms with E-state index in [1.807, 2.05) is 45.0 Å². The van der Waals surface area contributed by atoms with E-state index in [2.05, 4.69) is 4.98 Å². The van der Waals surface area contributed by atoms with Gasteiger partial charge in [-0.3, -0.25) is 4.90 Å². The fraction of sp³-hybridized carbons (Fsp3) is 0.440. The second-order valence-corrected chi connectivity index (χ2v) is 8.95. The van der Waals surface area contributed by atoms with Gasteiger partial charge in [-0.05, 0) is 48.6 Å². The van der Waals surface area contributed by atoms with Gasteiger partial charge in [-0.2, -0.15) is 0 Å². The van der Waals surface area contributed by atoms with E-state index in [-0.39, 0.29) is 23.9 Å². The van der Waals surface area contributed by atoms with Crippen LogP contribution < -0.4 is 0 Å². The van der Waals surface area contributed by atoms with E-state index in [1.165, 1.54) is 19.1 Å². The SMILES string of the molecule is CCC(F)(F)CN1[C@H](c2c(F)cc(C(C)C)cc2F)c2[nH]c3ccccc3c2C[C@H]1C. The van der Waals surface area contributed by atoms with Crippen LogP contribution in [0.5, 0.6) is 0 Å². The zero-order valence-corrected chi connectivity index (χ0v) is 18.3. The van der Waals surface area contributed by atoms with Crippen LogP contribution in [-0.4, -0.2) is 28.4 Å². The van der Waals surface area contributed by atoms with E-state index < -0.39 is 30.1 Å². The lowest BCUT2D eigenvalue weighted by Crippen LogP contribution is -2.48. The third kappa shape index (κ3) is 3.86. The largest absolute Gasteiger partial charge is 0.357 e. The van der Waals surface area contributed by atoms with E-state index in [9.17, 15) is 8.78 Å². The molecule has 2 heterocycles. The van der Waals surface area contributed by atoms with Crippen molar-refractivity contribution in [3.05, 3.63) is 70.4 Å². The van der Waals surface area contributed by atoms with Gasteiger partial charge in [0.05, 0.1) is 12.6 Å². The number of hydrogen-bond donors (Lipinski definition) is 1. The molecule has 0 spiro atoms. The molecule has 31 heavy (non-hydrogen) atoms. The zero-order chi connectivity index (χ0) is 22.5. The molecule has 4 rings (SSSR count). The van der Waals surface area contributed by atoms with Crippen molar-refractivity contribution < 1.29 is 17.6 Å². The van der Waals surface area contributed by atoms with Gasteiger partial charge in [-0.25, -0.2) is 17.6 Å². The van der Waals surface area contributed by atoms with Crippen molar-refractivity contribution in [2.24, 2.45) is 0 Å². The highest BCUT2D eigenvalue weighted by Crippen LogP contribution is 2.44. The lowest BCUT2D eigenvalue weighted by molar-refractivity contribution is -0.0551. The lowest BCUT2D eigenvalue weighted by Gasteiger charge is -2.42. The van der Waals surface area contributed by atoms with Crippen LogP contribution in [0.3, 0.4) is 0 Å². The summed E-state index contributed by atoms with van der Waals surface area (Å²) < 4.78 is 59.7. The Bertz CT molecular complexity index is 1080. The highest BCUT2D eigenvalue weighted by atomic mass is 19.3. The Morgan fingerprint density at radius 2 is 1.77 bits per heavy atom. The van der Waals surface area contributed by atoms with Gasteiger partial charge in [-0.15, -0.1) is 0 Å². The first kappa shape index (κ1) is 21.9. The van der Waals surface area contributed by atoms with Crippen LogP contribution in [0.2, 0.25) is 0 Å². The van der Waals surface area contributed by atoms with Crippen molar-refractivity contribution in [3.63, 3.8) is 0 Å². The van der Waals surface area contributed by atoms with Crippen molar-refractivity contribution in [2.45, 2.75) is 64.5 Å². The molecule has 2 aromatic carbocycles. The third-order valence-electron chi connectivity index (χ3n) is 6.49. The first-order valence-corrected chi connectivity index (χ1v) is 10.8. The Balaban J connectivity index is 1.95. The summed E-state index contributed by atoms with van der Waals surface area (Å²) in [6.45, 7) is 6.44. The zero-order valence-electron chi connectivity index (χ0n) is 18.3. The average Bonchev–Trinajstić information content (AvgIpc) is 3.07. The van der Waals surface area contributed by atoms with Gasteiger partial charge in [0.2, 0.25) is 0 Å². The minimum Gasteiger partial charge on any atom is -0.357 e. The number of nitrogens with one attached hydrogen (secondary N) is 1. The van der Waals surface area contributed by atoms with E-state index in [4.69, 9.17) is 0 Å². The second kappa shape index (κ2) is 7.97. The third-order valence-corrected chi connectivity index (χ3v) is 6.49. The summed E-state index contributed by atoms with van der Waals surface area (Å²) in [5.41, 5.74) is 2.76. The monoisotopic (exact) mass is 432 g/mol. The number of para-hydroxylation sites is 1. The Labute approximate surface area is 180 Å². The Morgan fingerprint density at radius 1 is 1.13 bits per heavy atom. The molecule has 1 N–H and O–H groups in total. The first-order chi connectivity index (χ1) is 14.6. The molecule has 0 saturated carbocycles. The maximum atomic E-state index is 15.4. The highest BCUT2D eigenvalue weighted by Gasteiger charge is 2.43. The van der Waals surface area contributed by atoms with Crippen LogP contribution in [0.4, 0.5) is 17.6 Å². The predicted octanol–water partition coefficient (Wildman–Crippen LogP) is 6.95. The van der Waals surface area contributed by atoms with E-state index in [0.29, 0.717) is 17.7 Å². The fourth-order valence-electron chi connectivity index (χ4n) is 4.64. The van der Waals surface area contributed by atoms with Crippen molar-refractivity contribution in [3.8, 4) is 0 Å². The number of hydrogen-bond acceptors (Lipinski definition) is 1. The van der Waals surface area contributed by atoms with Crippen LogP contribution in [-0.2, 0) is 6.42 Å². The summed E-state index contributed by atoms with van der Waals surface area (Å²) in [7, 11) is 0. The van der Waals surface area contributed by atoms with E-state index >= 15 is 8.78 Å². The summed E-state index contributed by atoms with van der Waals surface area (Å²) in [4.78, 5) is 4.84. The van der Waals surface area contributed by atoms with Gasteiger partial charge in [0.25, 0.3) is 5.92 Å². The summed E-state index contributed by atoms with van der Waals surface area (Å²) in [6.07, 6.45) is 0.197. The number of alkyl halides is 2. The lowest BCUT2D eigenvalue weighted by atomic mass is 9.86. The molecule has 3 aromatic rings. The standard InChI is InChI=1S/C25H28F4N2/c1-5-25(28,29)13-31-15(4)10-18-17-8-6-7-9-21(17)30-23(18)24(31)22-19(26)11-16(14(2)3)12-20(22)27/h6-9,11-12,14-15,24,30H,5,10,13H2,1-4H3/t15-,24-/m1/s1. The highest BCUT2D eigenvalue weighted by molar-refractivity contribution is 5.85. The molecule has 1 aliphatic rings. The van der Waals surface area contributed by atoms with Crippen LogP contribution >= 0.6 is 0 Å². The number of aromatic amines is 1. The number of fused-ring (bicyclic) bond motifs is 3. The van der Waals surface area contributed by atoms with Crippen molar-refractivity contribution in [1.82, 2.24) is 9.88 Å². The Morgan fingerprint density at radius 3 is 2.39 bits per heavy atom. The Hall–Kier alpha value is -2.34. The molecule has 166 valence electrons. The predicted molar refractivity (Wildman–Crippen MR) is 116 cm³/mol. The van der Waals surface area contributed by atoms with Crippen LogP contribution in [0.15, 0.2) is 36.4 Å². The topological polar surface area (TPSA) is 19.0 Å². The quantitative estimate of drug-likeness (QED) is 0.432. The van der Waals surface area contributed by atoms with E-state index in [0.717, 1.165) is 16.5 Å². The maximum Gasteiger partial charge on any atom is 0.260 e. The molecule has 2 nitrogen and oxygen atoms in total. The van der Waals surface area contributed by atoms with Gasteiger partial charge in [-0.1, -0.05) is 39.0 Å². The molecular weight excluding hydrogens is 404 g/mol. The molecule has 0 aliphatic carbocycles. The maximum absolute atomic E-state index is 15.4. The molecule has 0 amide bonds. The van der Waals surface area contributed by atoms with Crippen LogP contribution in [0.1, 0.15) is 68.5 Å². The average molecular weight is 433 g/mol. The van der Waals surface area contributed by atoms with Gasteiger partial charge < -0.3 is 4.98 Å². The minimum atomic E-state index is -2.96. The molecule has 0 unspecified atom stereocenters. The number of halogens is 4. The summed E-state index contributed by atoms with van der Waals surface area (Å²) >= 11 is 0. The normalized spacial score (nSPS) is 19.9. The number of rotatable bonds is 5. The van der Waals surface area contributed by atoms with Gasteiger partial charge >= 0.3 is 0 Å². The molecule has 1 aliphatic heterocycles. The number of benzene rings is 2. The number of H-pyrrole nitrogens is 1. The smallest absolute Gasteiger partial charge is 0.260 e. The van der Waals surface area contributed by atoms with Crippen LogP contribution in [0.25, 0.3) is 10.9 Å².